The van der Waals surface area contributed by atoms with Crippen molar-refractivity contribution in [2.45, 2.75) is 6.54 Å². The molecule has 0 radical (unpaired) electrons. The first-order valence-electron chi connectivity index (χ1n) is 6.00. The molecule has 2 N–H and O–H groups in total. The molecule has 0 aliphatic carbocycles. The first-order valence-corrected chi connectivity index (χ1v) is 7.18. The van der Waals surface area contributed by atoms with Crippen LogP contribution in [-0.2, 0) is 6.54 Å². The lowest BCUT2D eigenvalue weighted by atomic mass is 10.2. The Morgan fingerprint density at radius 2 is 2.00 bits per heavy atom. The number of pyridine rings is 1. The SMILES string of the molecule is NCCN(Cc1ccccc1)c1ncc(Cl)cc1Br. The number of anilines is 1. The lowest BCUT2D eigenvalue weighted by Crippen LogP contribution is -2.29. The smallest absolute Gasteiger partial charge is 0.143 e. The Balaban J connectivity index is 2.24. The molecule has 1 aromatic carbocycles. The fourth-order valence-corrected chi connectivity index (χ4v) is 2.75. The average Bonchev–Trinajstić information content (AvgIpc) is 2.39. The third kappa shape index (κ3) is 3.93. The number of rotatable bonds is 5. The van der Waals surface area contributed by atoms with E-state index in [1.165, 1.54) is 5.56 Å². The van der Waals surface area contributed by atoms with Crippen LogP contribution in [0.4, 0.5) is 5.82 Å². The molecular formula is C14H15BrClN3. The molecule has 3 nitrogen and oxygen atoms in total. The zero-order valence-corrected chi connectivity index (χ0v) is 12.7. The minimum atomic E-state index is 0.573. The van der Waals surface area contributed by atoms with E-state index in [2.05, 4.69) is 37.9 Å². The summed E-state index contributed by atoms with van der Waals surface area (Å²) in [7, 11) is 0. The second-order valence-electron chi connectivity index (χ2n) is 4.15. The quantitative estimate of drug-likeness (QED) is 0.906. The number of hydrogen-bond donors (Lipinski definition) is 1. The number of halogens is 2. The highest BCUT2D eigenvalue weighted by atomic mass is 79.9. The second-order valence-corrected chi connectivity index (χ2v) is 5.45. The molecule has 0 saturated heterocycles. The van der Waals surface area contributed by atoms with Gasteiger partial charge in [-0.05, 0) is 27.6 Å². The molecule has 0 aliphatic heterocycles. The summed E-state index contributed by atoms with van der Waals surface area (Å²) in [5, 5.41) is 0.614. The zero-order valence-electron chi connectivity index (χ0n) is 10.4. The third-order valence-electron chi connectivity index (χ3n) is 2.70. The number of nitrogens with zero attached hydrogens (tertiary/aromatic N) is 2. The molecule has 1 heterocycles. The molecule has 0 fully saturated rings. The van der Waals surface area contributed by atoms with Gasteiger partial charge >= 0.3 is 0 Å². The van der Waals surface area contributed by atoms with Crippen molar-refractivity contribution >= 4 is 33.3 Å². The molecule has 2 rings (SSSR count). The van der Waals surface area contributed by atoms with Gasteiger partial charge in [0.05, 0.1) is 9.50 Å². The number of aromatic nitrogens is 1. The maximum absolute atomic E-state index is 5.92. The third-order valence-corrected chi connectivity index (χ3v) is 3.49. The molecular weight excluding hydrogens is 326 g/mol. The molecule has 0 atom stereocenters. The Hall–Kier alpha value is -1.10. The Kier molecular flexibility index (Phi) is 5.19. The van der Waals surface area contributed by atoms with E-state index < -0.39 is 0 Å². The van der Waals surface area contributed by atoms with Crippen molar-refractivity contribution in [1.29, 1.82) is 0 Å². The molecule has 0 bridgehead atoms. The first-order chi connectivity index (χ1) is 9.20. The van der Waals surface area contributed by atoms with Crippen molar-refractivity contribution in [2.75, 3.05) is 18.0 Å². The van der Waals surface area contributed by atoms with Crippen LogP contribution < -0.4 is 10.6 Å². The predicted molar refractivity (Wildman–Crippen MR) is 83.5 cm³/mol. The highest BCUT2D eigenvalue weighted by Gasteiger charge is 2.12. The van der Waals surface area contributed by atoms with E-state index in [0.29, 0.717) is 11.6 Å². The molecule has 0 spiro atoms. The van der Waals surface area contributed by atoms with Crippen LogP contribution in [0.5, 0.6) is 0 Å². The van der Waals surface area contributed by atoms with E-state index >= 15 is 0 Å². The summed E-state index contributed by atoms with van der Waals surface area (Å²) < 4.78 is 0.879. The highest BCUT2D eigenvalue weighted by Crippen LogP contribution is 2.27. The maximum Gasteiger partial charge on any atom is 0.143 e. The summed E-state index contributed by atoms with van der Waals surface area (Å²) in [6, 6.07) is 12.1. The van der Waals surface area contributed by atoms with Crippen molar-refractivity contribution < 1.29 is 0 Å². The number of benzene rings is 1. The molecule has 0 unspecified atom stereocenters. The highest BCUT2D eigenvalue weighted by molar-refractivity contribution is 9.10. The van der Waals surface area contributed by atoms with E-state index in [9.17, 15) is 0 Å². The molecule has 19 heavy (non-hydrogen) atoms. The lowest BCUT2D eigenvalue weighted by molar-refractivity contribution is 0.773. The number of hydrogen-bond acceptors (Lipinski definition) is 3. The van der Waals surface area contributed by atoms with Gasteiger partial charge in [0, 0.05) is 25.8 Å². The van der Waals surface area contributed by atoms with Gasteiger partial charge in [-0.2, -0.15) is 0 Å². The summed E-state index contributed by atoms with van der Waals surface area (Å²) >= 11 is 9.42. The molecule has 2 aromatic rings. The minimum Gasteiger partial charge on any atom is -0.350 e. The van der Waals surface area contributed by atoms with Crippen LogP contribution in [0.2, 0.25) is 5.02 Å². The van der Waals surface area contributed by atoms with Gasteiger partial charge in [-0.15, -0.1) is 0 Å². The Bertz CT molecular complexity index is 533. The van der Waals surface area contributed by atoms with Gasteiger partial charge < -0.3 is 10.6 Å². The van der Waals surface area contributed by atoms with Gasteiger partial charge in [-0.3, -0.25) is 0 Å². The summed E-state index contributed by atoms with van der Waals surface area (Å²) in [5.41, 5.74) is 6.91. The molecule has 5 heteroatoms. The maximum atomic E-state index is 5.92. The zero-order chi connectivity index (χ0) is 13.7. The predicted octanol–water partition coefficient (Wildman–Crippen LogP) is 3.46. The van der Waals surface area contributed by atoms with E-state index in [1.54, 1.807) is 6.20 Å². The van der Waals surface area contributed by atoms with E-state index in [4.69, 9.17) is 17.3 Å². The largest absolute Gasteiger partial charge is 0.350 e. The van der Waals surface area contributed by atoms with Gasteiger partial charge in [0.15, 0.2) is 0 Å². The van der Waals surface area contributed by atoms with Gasteiger partial charge in [0.2, 0.25) is 0 Å². The van der Waals surface area contributed by atoms with Crippen LogP contribution >= 0.6 is 27.5 Å². The van der Waals surface area contributed by atoms with Crippen LogP contribution in [0.15, 0.2) is 47.1 Å². The monoisotopic (exact) mass is 339 g/mol. The van der Waals surface area contributed by atoms with Crippen LogP contribution in [0.25, 0.3) is 0 Å². The van der Waals surface area contributed by atoms with Crippen LogP contribution in [0, 0.1) is 0 Å². The minimum absolute atomic E-state index is 0.573. The fraction of sp³-hybridized carbons (Fsp3) is 0.214. The van der Waals surface area contributed by atoms with E-state index in [0.717, 1.165) is 23.4 Å². The first kappa shape index (κ1) is 14.3. The van der Waals surface area contributed by atoms with Gasteiger partial charge in [0.1, 0.15) is 5.82 Å². The van der Waals surface area contributed by atoms with Crippen molar-refractivity contribution in [3.63, 3.8) is 0 Å². The number of nitrogens with two attached hydrogens (primary N) is 1. The second kappa shape index (κ2) is 6.89. The van der Waals surface area contributed by atoms with Crippen molar-refractivity contribution in [3.05, 3.63) is 57.7 Å². The fourth-order valence-electron chi connectivity index (χ4n) is 1.86. The van der Waals surface area contributed by atoms with Crippen molar-refractivity contribution in [3.8, 4) is 0 Å². The van der Waals surface area contributed by atoms with Gasteiger partial charge in [0.25, 0.3) is 0 Å². The van der Waals surface area contributed by atoms with Crippen LogP contribution in [0.1, 0.15) is 5.56 Å². The van der Waals surface area contributed by atoms with Crippen LogP contribution in [0.3, 0.4) is 0 Å². The molecule has 0 aliphatic rings. The van der Waals surface area contributed by atoms with Crippen molar-refractivity contribution in [2.24, 2.45) is 5.73 Å². The summed E-state index contributed by atoms with van der Waals surface area (Å²) in [4.78, 5) is 6.52. The summed E-state index contributed by atoms with van der Waals surface area (Å²) in [6.45, 7) is 2.08. The molecule has 100 valence electrons. The normalized spacial score (nSPS) is 10.5. The van der Waals surface area contributed by atoms with E-state index in [1.807, 2.05) is 24.3 Å². The Labute approximate surface area is 126 Å². The average molecular weight is 341 g/mol. The molecule has 0 amide bonds. The van der Waals surface area contributed by atoms with Crippen molar-refractivity contribution in [1.82, 2.24) is 4.98 Å². The lowest BCUT2D eigenvalue weighted by Gasteiger charge is -2.24. The Morgan fingerprint density at radius 3 is 2.63 bits per heavy atom. The standard InChI is InChI=1S/C14H15BrClN3/c15-13-8-12(16)9-18-14(13)19(7-6-17)10-11-4-2-1-3-5-11/h1-5,8-9H,6-7,10,17H2. The topological polar surface area (TPSA) is 42.1 Å². The van der Waals surface area contributed by atoms with Gasteiger partial charge in [-0.1, -0.05) is 41.9 Å². The van der Waals surface area contributed by atoms with E-state index in [-0.39, 0.29) is 0 Å². The molecule has 0 saturated carbocycles. The van der Waals surface area contributed by atoms with Crippen LogP contribution in [-0.4, -0.2) is 18.1 Å². The Morgan fingerprint density at radius 1 is 1.26 bits per heavy atom. The summed E-state index contributed by atoms with van der Waals surface area (Å²) in [5.74, 6) is 0.860. The summed E-state index contributed by atoms with van der Waals surface area (Å²) in [6.07, 6.45) is 1.65. The molecule has 1 aromatic heterocycles. The van der Waals surface area contributed by atoms with Gasteiger partial charge in [-0.25, -0.2) is 4.98 Å².